The van der Waals surface area contributed by atoms with Gasteiger partial charge >= 0.3 is 0 Å². The maximum Gasteiger partial charge on any atom is 0.279 e. The van der Waals surface area contributed by atoms with Crippen LogP contribution in [-0.2, 0) is 10.0 Å². The molecule has 0 atom stereocenters. The zero-order chi connectivity index (χ0) is 22.8. The van der Waals surface area contributed by atoms with Gasteiger partial charge in [0.2, 0.25) is 0 Å². The number of anilines is 2. The molecule has 7 nitrogen and oxygen atoms in total. The van der Waals surface area contributed by atoms with Gasteiger partial charge in [-0.1, -0.05) is 41.1 Å². The van der Waals surface area contributed by atoms with Crippen LogP contribution in [0.15, 0.2) is 71.9 Å². The average molecular weight is 501 g/mol. The van der Waals surface area contributed by atoms with Crippen molar-refractivity contribution in [2.75, 3.05) is 22.7 Å². The Morgan fingerprint density at radius 2 is 1.85 bits per heavy atom. The van der Waals surface area contributed by atoms with Gasteiger partial charge in [-0.15, -0.1) is 0 Å². The minimum Gasteiger partial charge on any atom is -0.488 e. The van der Waals surface area contributed by atoms with E-state index in [1.54, 1.807) is 41.7 Å². The number of aromatic nitrogens is 2. The standard InChI is InChI=1S/C23H21ClN4O3S2/c24-16-8-9-19-21(15-16)32-23(26-19)28-13-10-17(11-14-28)31-20-6-2-1-5-18(20)27-33(29,30)22-7-3-4-12-25-22/h1-9,12,15,17,27H,10-11,13-14H2. The van der Waals surface area contributed by atoms with Gasteiger partial charge in [-0.2, -0.15) is 8.42 Å². The number of hydrogen-bond acceptors (Lipinski definition) is 7. The third-order valence-electron chi connectivity index (χ3n) is 5.39. The van der Waals surface area contributed by atoms with Crippen molar-refractivity contribution in [3.63, 3.8) is 0 Å². The molecule has 10 heteroatoms. The van der Waals surface area contributed by atoms with E-state index in [1.165, 1.54) is 12.3 Å². The maximum absolute atomic E-state index is 12.7. The summed E-state index contributed by atoms with van der Waals surface area (Å²) < 4.78 is 35.3. The number of thiazole rings is 1. The summed E-state index contributed by atoms with van der Waals surface area (Å²) in [7, 11) is -3.80. The molecule has 1 saturated heterocycles. The Morgan fingerprint density at radius 1 is 1.06 bits per heavy atom. The number of pyridine rings is 1. The minimum atomic E-state index is -3.80. The van der Waals surface area contributed by atoms with Crippen LogP contribution in [0.2, 0.25) is 5.02 Å². The second-order valence-electron chi connectivity index (χ2n) is 7.68. The highest BCUT2D eigenvalue weighted by Crippen LogP contribution is 2.34. The van der Waals surface area contributed by atoms with Crippen molar-refractivity contribution >= 4 is 54.0 Å². The summed E-state index contributed by atoms with van der Waals surface area (Å²) in [6.07, 6.45) is 3.03. The quantitative estimate of drug-likeness (QED) is 0.392. The monoisotopic (exact) mass is 500 g/mol. The van der Waals surface area contributed by atoms with E-state index in [0.29, 0.717) is 16.5 Å². The fourth-order valence-corrected chi connectivity index (χ4v) is 6.04. The molecule has 5 rings (SSSR count). The number of sulfonamides is 1. The van der Waals surface area contributed by atoms with Gasteiger partial charge in [0.25, 0.3) is 10.0 Å². The lowest BCUT2D eigenvalue weighted by Crippen LogP contribution is -2.38. The fraction of sp³-hybridized carbons (Fsp3) is 0.217. The number of nitrogens with zero attached hydrogens (tertiary/aromatic N) is 3. The fourth-order valence-electron chi connectivity index (χ4n) is 3.72. The molecule has 2 aromatic carbocycles. The van der Waals surface area contributed by atoms with Crippen LogP contribution >= 0.6 is 22.9 Å². The lowest BCUT2D eigenvalue weighted by atomic mass is 10.1. The van der Waals surface area contributed by atoms with E-state index in [1.807, 2.05) is 24.3 Å². The van der Waals surface area contributed by atoms with Crippen molar-refractivity contribution < 1.29 is 13.2 Å². The first-order valence-corrected chi connectivity index (χ1v) is 13.2. The first kappa shape index (κ1) is 21.9. The molecule has 1 N–H and O–H groups in total. The lowest BCUT2D eigenvalue weighted by molar-refractivity contribution is 0.172. The highest BCUT2D eigenvalue weighted by molar-refractivity contribution is 7.92. The van der Waals surface area contributed by atoms with E-state index in [4.69, 9.17) is 21.3 Å². The molecule has 1 fully saturated rings. The highest BCUT2D eigenvalue weighted by Gasteiger charge is 2.24. The molecule has 0 radical (unpaired) electrons. The molecule has 33 heavy (non-hydrogen) atoms. The van der Waals surface area contributed by atoms with Crippen LogP contribution in [0.3, 0.4) is 0 Å². The summed E-state index contributed by atoms with van der Waals surface area (Å²) in [5.74, 6) is 0.505. The zero-order valence-corrected chi connectivity index (χ0v) is 19.9. The average Bonchev–Trinajstić information content (AvgIpc) is 3.24. The summed E-state index contributed by atoms with van der Waals surface area (Å²) >= 11 is 7.74. The number of benzene rings is 2. The Bertz CT molecular complexity index is 1370. The maximum atomic E-state index is 12.7. The molecule has 0 spiro atoms. The van der Waals surface area contributed by atoms with Gasteiger partial charge in [0.15, 0.2) is 10.2 Å². The van der Waals surface area contributed by atoms with Crippen LogP contribution in [0.5, 0.6) is 5.75 Å². The normalized spacial score (nSPS) is 15.0. The van der Waals surface area contributed by atoms with Gasteiger partial charge in [-0.05, 0) is 42.5 Å². The van der Waals surface area contributed by atoms with Crippen molar-refractivity contribution in [1.82, 2.24) is 9.97 Å². The van der Waals surface area contributed by atoms with Crippen LogP contribution in [0.4, 0.5) is 10.8 Å². The highest BCUT2D eigenvalue weighted by atomic mass is 35.5. The summed E-state index contributed by atoms with van der Waals surface area (Å²) in [6.45, 7) is 1.61. The van der Waals surface area contributed by atoms with Crippen molar-refractivity contribution in [2.45, 2.75) is 24.0 Å². The number of nitrogens with one attached hydrogen (secondary N) is 1. The van der Waals surface area contributed by atoms with E-state index in [9.17, 15) is 8.42 Å². The van der Waals surface area contributed by atoms with E-state index in [2.05, 4.69) is 14.6 Å². The molecule has 0 unspecified atom stereocenters. The van der Waals surface area contributed by atoms with Crippen LogP contribution in [0, 0.1) is 0 Å². The Morgan fingerprint density at radius 3 is 2.64 bits per heavy atom. The number of rotatable bonds is 6. The predicted molar refractivity (Wildman–Crippen MR) is 132 cm³/mol. The van der Waals surface area contributed by atoms with Gasteiger partial charge in [0.1, 0.15) is 11.9 Å². The van der Waals surface area contributed by atoms with Crippen LogP contribution in [-0.4, -0.2) is 37.6 Å². The largest absolute Gasteiger partial charge is 0.488 e. The van der Waals surface area contributed by atoms with Gasteiger partial charge < -0.3 is 9.64 Å². The summed E-state index contributed by atoms with van der Waals surface area (Å²) in [5, 5.41) is 1.65. The molecule has 4 aromatic rings. The van der Waals surface area contributed by atoms with Gasteiger partial charge in [-0.25, -0.2) is 9.97 Å². The Balaban J connectivity index is 1.25. The number of ether oxygens (including phenoxy) is 1. The SMILES string of the molecule is O=S(=O)(Nc1ccccc1OC1CCN(c2nc3ccc(Cl)cc3s2)CC1)c1ccccn1. The predicted octanol–water partition coefficient (Wildman–Crippen LogP) is 5.19. The van der Waals surface area contributed by atoms with Gasteiger partial charge in [0, 0.05) is 37.2 Å². The molecule has 3 heterocycles. The first-order valence-electron chi connectivity index (χ1n) is 10.5. The number of piperidine rings is 1. The third kappa shape index (κ3) is 4.90. The van der Waals surface area contributed by atoms with E-state index >= 15 is 0 Å². The Kier molecular flexibility index (Phi) is 6.09. The molecule has 1 aliphatic rings. The molecule has 0 aliphatic carbocycles. The van der Waals surface area contributed by atoms with E-state index < -0.39 is 10.0 Å². The molecular weight excluding hydrogens is 480 g/mol. The third-order valence-corrected chi connectivity index (χ3v) is 7.98. The Hall–Kier alpha value is -2.88. The van der Waals surface area contributed by atoms with Crippen molar-refractivity contribution in [3.05, 3.63) is 71.9 Å². The smallest absolute Gasteiger partial charge is 0.279 e. The number of hydrogen-bond donors (Lipinski definition) is 1. The molecule has 0 saturated carbocycles. The van der Waals surface area contributed by atoms with Crippen molar-refractivity contribution in [3.8, 4) is 5.75 Å². The van der Waals surface area contributed by atoms with Gasteiger partial charge in [-0.3, -0.25) is 4.72 Å². The number of halogens is 1. The molecule has 0 amide bonds. The molecule has 170 valence electrons. The van der Waals surface area contributed by atoms with Gasteiger partial charge in [0.05, 0.1) is 15.9 Å². The van der Waals surface area contributed by atoms with Crippen molar-refractivity contribution in [1.29, 1.82) is 0 Å². The van der Waals surface area contributed by atoms with Crippen LogP contribution in [0.1, 0.15) is 12.8 Å². The topological polar surface area (TPSA) is 84.4 Å². The zero-order valence-electron chi connectivity index (χ0n) is 17.5. The van der Waals surface area contributed by atoms with E-state index in [-0.39, 0.29) is 11.1 Å². The number of fused-ring (bicyclic) bond motifs is 1. The second-order valence-corrected chi connectivity index (χ2v) is 10.8. The second kappa shape index (κ2) is 9.17. The minimum absolute atomic E-state index is 0.0226. The molecule has 2 aromatic heterocycles. The summed E-state index contributed by atoms with van der Waals surface area (Å²) in [6, 6.07) is 17.6. The van der Waals surface area contributed by atoms with Crippen LogP contribution < -0.4 is 14.4 Å². The molecule has 0 bridgehead atoms. The summed E-state index contributed by atoms with van der Waals surface area (Å²) in [5.41, 5.74) is 1.35. The molecule has 1 aliphatic heterocycles. The first-order chi connectivity index (χ1) is 16.0. The van der Waals surface area contributed by atoms with E-state index in [0.717, 1.165) is 41.3 Å². The Labute approximate surface area is 201 Å². The number of para-hydroxylation sites is 2. The summed E-state index contributed by atoms with van der Waals surface area (Å²) in [4.78, 5) is 10.9. The van der Waals surface area contributed by atoms with Crippen LogP contribution in [0.25, 0.3) is 10.2 Å². The lowest BCUT2D eigenvalue weighted by Gasteiger charge is -2.32. The van der Waals surface area contributed by atoms with Crippen molar-refractivity contribution in [2.24, 2.45) is 0 Å². The molecular formula is C23H21ClN4O3S2.